The second-order valence-electron chi connectivity index (χ2n) is 4.69. The SMILES string of the molecule is O=C(CC1N=C(c2c(F)c(F)c(C(F)F)c(F)c2F)OC1=O)C(F)F. The second-order valence-corrected chi connectivity index (χ2v) is 4.69. The number of alkyl halides is 4. The van der Waals surface area contributed by atoms with Gasteiger partial charge in [0.2, 0.25) is 11.7 Å². The monoisotopic (exact) mass is 375 g/mol. The third kappa shape index (κ3) is 3.33. The Bertz CT molecular complexity index is 748. The van der Waals surface area contributed by atoms with Crippen molar-refractivity contribution in [3.63, 3.8) is 0 Å². The van der Waals surface area contributed by atoms with Crippen molar-refractivity contribution < 1.29 is 49.4 Å². The summed E-state index contributed by atoms with van der Waals surface area (Å²) in [7, 11) is 0. The molecule has 0 fully saturated rings. The number of hydrogen-bond acceptors (Lipinski definition) is 4. The summed E-state index contributed by atoms with van der Waals surface area (Å²) < 4.78 is 108. The van der Waals surface area contributed by atoms with Crippen molar-refractivity contribution in [3.8, 4) is 0 Å². The lowest BCUT2D eigenvalue weighted by atomic mass is 10.1. The molecule has 0 aromatic heterocycles. The molecule has 4 nitrogen and oxygen atoms in total. The molecule has 0 radical (unpaired) electrons. The summed E-state index contributed by atoms with van der Waals surface area (Å²) in [5.41, 5.74) is -3.88. The van der Waals surface area contributed by atoms with Crippen LogP contribution in [0.5, 0.6) is 0 Å². The molecule has 0 aliphatic carbocycles. The number of halogens is 8. The fourth-order valence-electron chi connectivity index (χ4n) is 1.94. The molecule has 1 atom stereocenters. The number of carbonyl (C=O) groups is 2. The molecule has 136 valence electrons. The maximum Gasteiger partial charge on any atom is 0.338 e. The predicted molar refractivity (Wildman–Crippen MR) is 63.3 cm³/mol. The molecule has 1 aromatic rings. The highest BCUT2D eigenvalue weighted by Crippen LogP contribution is 2.32. The van der Waals surface area contributed by atoms with Crippen LogP contribution in [0.4, 0.5) is 35.1 Å². The Morgan fingerprint density at radius 3 is 1.96 bits per heavy atom. The number of esters is 1. The van der Waals surface area contributed by atoms with E-state index < -0.39 is 77.4 Å². The van der Waals surface area contributed by atoms with E-state index in [2.05, 4.69) is 9.73 Å². The van der Waals surface area contributed by atoms with E-state index in [1.807, 2.05) is 0 Å². The fourth-order valence-corrected chi connectivity index (χ4v) is 1.94. The summed E-state index contributed by atoms with van der Waals surface area (Å²) >= 11 is 0. The molecule has 0 amide bonds. The number of Topliss-reactive ketones (excluding diaryl/α,β-unsaturated/α-hetero) is 1. The quantitative estimate of drug-likeness (QED) is 0.452. The van der Waals surface area contributed by atoms with Crippen LogP contribution in [0.15, 0.2) is 4.99 Å². The number of cyclic esters (lactones) is 1. The van der Waals surface area contributed by atoms with Gasteiger partial charge in [-0.25, -0.2) is 44.9 Å². The van der Waals surface area contributed by atoms with Crippen molar-refractivity contribution in [2.45, 2.75) is 25.3 Å². The lowest BCUT2D eigenvalue weighted by molar-refractivity contribution is -0.138. The molecule has 1 heterocycles. The van der Waals surface area contributed by atoms with E-state index in [1.54, 1.807) is 0 Å². The average molecular weight is 375 g/mol. The summed E-state index contributed by atoms with van der Waals surface area (Å²) in [6, 6.07) is -1.92. The summed E-state index contributed by atoms with van der Waals surface area (Å²) in [4.78, 5) is 25.4. The number of aliphatic imine (C=N–C) groups is 1. The van der Waals surface area contributed by atoms with Crippen molar-refractivity contribution >= 4 is 17.7 Å². The normalized spacial score (nSPS) is 17.3. The summed E-state index contributed by atoms with van der Waals surface area (Å²) in [6.07, 6.45) is -8.54. The van der Waals surface area contributed by atoms with Gasteiger partial charge >= 0.3 is 5.97 Å². The Morgan fingerprint density at radius 2 is 1.52 bits per heavy atom. The van der Waals surface area contributed by atoms with Crippen molar-refractivity contribution in [2.75, 3.05) is 0 Å². The summed E-state index contributed by atoms with van der Waals surface area (Å²) in [5.74, 6) is -14.1. The molecule has 0 saturated carbocycles. The van der Waals surface area contributed by atoms with Gasteiger partial charge in [0, 0.05) is 6.42 Å². The predicted octanol–water partition coefficient (Wildman–Crippen LogP) is 3.08. The lowest BCUT2D eigenvalue weighted by Crippen LogP contribution is -2.22. The summed E-state index contributed by atoms with van der Waals surface area (Å²) in [6.45, 7) is 0. The minimum Gasteiger partial charge on any atom is -0.405 e. The van der Waals surface area contributed by atoms with Crippen LogP contribution < -0.4 is 0 Å². The molecule has 12 heteroatoms. The van der Waals surface area contributed by atoms with E-state index in [-0.39, 0.29) is 0 Å². The van der Waals surface area contributed by atoms with Crippen LogP contribution in [0.2, 0.25) is 0 Å². The number of carbonyl (C=O) groups excluding carboxylic acids is 2. The molecule has 1 aromatic carbocycles. The van der Waals surface area contributed by atoms with E-state index in [9.17, 15) is 44.7 Å². The minimum absolute atomic E-state index is 1.19. The zero-order chi connectivity index (χ0) is 19.0. The number of ether oxygens (including phenoxy) is 1. The Morgan fingerprint density at radius 1 is 1.00 bits per heavy atom. The number of rotatable bonds is 5. The molecule has 2 rings (SSSR count). The van der Waals surface area contributed by atoms with Crippen molar-refractivity contribution in [1.29, 1.82) is 0 Å². The Kier molecular flexibility index (Phi) is 5.09. The third-order valence-corrected chi connectivity index (χ3v) is 3.11. The molecule has 0 bridgehead atoms. The highest BCUT2D eigenvalue weighted by Gasteiger charge is 2.39. The molecule has 25 heavy (non-hydrogen) atoms. The standard InChI is InChI=1S/C13H5F8NO3/c14-6-4(11(20)21)7(15)9(17)5(8(6)16)12-22-2(13(24)25-12)1-3(23)10(18)19/h2,10-11H,1H2. The van der Waals surface area contributed by atoms with Gasteiger partial charge in [0.15, 0.2) is 29.3 Å². The van der Waals surface area contributed by atoms with Crippen LogP contribution in [-0.2, 0) is 14.3 Å². The molecule has 1 aliphatic rings. The molecule has 0 saturated heterocycles. The first kappa shape index (κ1) is 18.8. The lowest BCUT2D eigenvalue weighted by Gasteiger charge is -2.10. The van der Waals surface area contributed by atoms with Crippen LogP contribution in [0.25, 0.3) is 0 Å². The highest BCUT2D eigenvalue weighted by molar-refractivity contribution is 6.07. The Balaban J connectivity index is 2.49. The van der Waals surface area contributed by atoms with Gasteiger partial charge in [-0.05, 0) is 0 Å². The van der Waals surface area contributed by atoms with Crippen molar-refractivity contribution in [1.82, 2.24) is 0 Å². The van der Waals surface area contributed by atoms with Gasteiger partial charge in [0.05, 0.1) is 5.56 Å². The zero-order valence-electron chi connectivity index (χ0n) is 11.6. The van der Waals surface area contributed by atoms with Gasteiger partial charge in [-0.3, -0.25) is 4.79 Å². The largest absolute Gasteiger partial charge is 0.405 e. The zero-order valence-corrected chi connectivity index (χ0v) is 11.6. The van der Waals surface area contributed by atoms with Gasteiger partial charge in [0.1, 0.15) is 5.56 Å². The molecular formula is C13H5F8NO3. The number of ketones is 1. The highest BCUT2D eigenvalue weighted by atomic mass is 19.3. The molecule has 0 N–H and O–H groups in total. The number of nitrogens with zero attached hydrogens (tertiary/aromatic N) is 1. The molecule has 1 aliphatic heterocycles. The summed E-state index contributed by atoms with van der Waals surface area (Å²) in [5, 5.41) is 0. The van der Waals surface area contributed by atoms with Crippen LogP contribution in [0, 0.1) is 23.3 Å². The Labute approximate surface area is 133 Å². The van der Waals surface area contributed by atoms with Crippen LogP contribution >= 0.6 is 0 Å². The van der Waals surface area contributed by atoms with E-state index >= 15 is 0 Å². The number of benzene rings is 1. The molecule has 1 unspecified atom stereocenters. The Hall–Kier alpha value is -2.53. The van der Waals surface area contributed by atoms with Gasteiger partial charge in [-0.2, -0.15) is 0 Å². The topological polar surface area (TPSA) is 55.7 Å². The first-order valence-corrected chi connectivity index (χ1v) is 6.30. The maximum absolute atomic E-state index is 13.8. The van der Waals surface area contributed by atoms with Gasteiger partial charge < -0.3 is 4.74 Å². The maximum atomic E-state index is 13.8. The third-order valence-electron chi connectivity index (χ3n) is 3.11. The van der Waals surface area contributed by atoms with Crippen LogP contribution in [0.3, 0.4) is 0 Å². The number of hydrogen-bond donors (Lipinski definition) is 0. The average Bonchev–Trinajstić information content (AvgIpc) is 2.86. The van der Waals surface area contributed by atoms with Crippen LogP contribution in [-0.4, -0.2) is 30.1 Å². The van der Waals surface area contributed by atoms with E-state index in [4.69, 9.17) is 0 Å². The van der Waals surface area contributed by atoms with Crippen molar-refractivity contribution in [2.24, 2.45) is 4.99 Å². The minimum atomic E-state index is -3.89. The van der Waals surface area contributed by atoms with E-state index in [1.165, 1.54) is 0 Å². The first-order valence-electron chi connectivity index (χ1n) is 6.30. The fraction of sp³-hybridized carbons (Fsp3) is 0.308. The van der Waals surface area contributed by atoms with E-state index in [0.29, 0.717) is 0 Å². The van der Waals surface area contributed by atoms with E-state index in [0.717, 1.165) is 0 Å². The first-order chi connectivity index (χ1) is 11.6. The molecular weight excluding hydrogens is 370 g/mol. The second kappa shape index (κ2) is 6.76. The van der Waals surface area contributed by atoms with Gasteiger partial charge in [0.25, 0.3) is 12.9 Å². The smallest absolute Gasteiger partial charge is 0.338 e. The van der Waals surface area contributed by atoms with Gasteiger partial charge in [-0.1, -0.05) is 0 Å². The van der Waals surface area contributed by atoms with Crippen molar-refractivity contribution in [3.05, 3.63) is 34.4 Å². The van der Waals surface area contributed by atoms with Crippen LogP contribution in [0.1, 0.15) is 24.0 Å². The van der Waals surface area contributed by atoms with Gasteiger partial charge in [-0.15, -0.1) is 0 Å². The molecule has 0 spiro atoms.